The second-order valence-electron chi connectivity index (χ2n) is 3.26. The summed E-state index contributed by atoms with van der Waals surface area (Å²) in [4.78, 5) is 0. The predicted octanol–water partition coefficient (Wildman–Crippen LogP) is 0.980. The predicted molar refractivity (Wildman–Crippen MR) is 43.2 cm³/mol. The lowest BCUT2D eigenvalue weighted by atomic mass is 10.2. The number of methoxy groups -OCH3 is 1. The van der Waals surface area contributed by atoms with Gasteiger partial charge in [-0.1, -0.05) is 6.92 Å². The molecule has 0 aromatic heterocycles. The van der Waals surface area contributed by atoms with E-state index in [-0.39, 0.29) is 5.41 Å². The summed E-state index contributed by atoms with van der Waals surface area (Å²) in [5.41, 5.74) is -0.241. The van der Waals surface area contributed by atoms with E-state index in [0.29, 0.717) is 13.0 Å². The minimum atomic E-state index is -3.37. The smallest absolute Gasteiger partial charge is 0.236 e. The summed E-state index contributed by atoms with van der Waals surface area (Å²) >= 11 is 0. The van der Waals surface area contributed by atoms with Crippen LogP contribution in [0.25, 0.3) is 0 Å². The molecule has 1 fully saturated rings. The minimum Gasteiger partial charge on any atom is -0.384 e. The van der Waals surface area contributed by atoms with E-state index in [1.54, 1.807) is 7.11 Å². The quantitative estimate of drug-likeness (QED) is 0.635. The third-order valence-electron chi connectivity index (χ3n) is 2.08. The first-order chi connectivity index (χ1) is 4.90. The molecule has 1 aliphatic rings. The molecule has 1 saturated carbocycles. The summed E-state index contributed by atoms with van der Waals surface area (Å²) in [5.74, 6) is 0. The Bertz CT molecular complexity index is 249. The first-order valence-corrected chi connectivity index (χ1v) is 5.70. The molecule has 3 nitrogen and oxygen atoms in total. The van der Waals surface area contributed by atoms with Crippen molar-refractivity contribution in [2.75, 3.05) is 13.7 Å². The monoisotopic (exact) mass is 198 g/mol. The molecule has 0 aliphatic heterocycles. The molecule has 66 valence electrons. The molecule has 1 aliphatic carbocycles. The first-order valence-electron chi connectivity index (χ1n) is 3.32. The third kappa shape index (κ3) is 1.86. The fourth-order valence-electron chi connectivity index (χ4n) is 1.29. The van der Waals surface area contributed by atoms with E-state index in [9.17, 15) is 8.42 Å². The number of hydrogen-bond acceptors (Lipinski definition) is 3. The topological polar surface area (TPSA) is 43.4 Å². The molecule has 0 aromatic rings. The summed E-state index contributed by atoms with van der Waals surface area (Å²) in [7, 11) is 3.36. The zero-order valence-corrected chi connectivity index (χ0v) is 8.07. The lowest BCUT2D eigenvalue weighted by Gasteiger charge is -2.06. The van der Waals surface area contributed by atoms with Gasteiger partial charge >= 0.3 is 0 Å². The number of halogens is 1. The average molecular weight is 199 g/mol. The molecule has 0 aromatic carbocycles. The van der Waals surface area contributed by atoms with Crippen molar-refractivity contribution in [1.82, 2.24) is 0 Å². The standard InChI is InChI=1S/C6H11ClO3S/c1-6(4-10-2)3-5(6)11(7,8)9/h5H,3-4H2,1-2H3/t5-,6+/m1/s1. The van der Waals surface area contributed by atoms with Crippen molar-refractivity contribution < 1.29 is 13.2 Å². The summed E-state index contributed by atoms with van der Waals surface area (Å²) in [6, 6.07) is 0. The van der Waals surface area contributed by atoms with Crippen LogP contribution in [-0.2, 0) is 13.8 Å². The van der Waals surface area contributed by atoms with Gasteiger partial charge in [0.25, 0.3) is 0 Å². The summed E-state index contributed by atoms with van der Waals surface area (Å²) < 4.78 is 26.5. The normalized spacial score (nSPS) is 37.2. The molecule has 0 N–H and O–H groups in total. The maximum absolute atomic E-state index is 10.8. The molecule has 0 heterocycles. The highest BCUT2D eigenvalue weighted by Gasteiger charge is 2.57. The second kappa shape index (κ2) is 2.61. The Labute approximate surface area is 71.1 Å². The van der Waals surface area contributed by atoms with Gasteiger partial charge in [0.15, 0.2) is 0 Å². The zero-order chi connectivity index (χ0) is 8.70. The van der Waals surface area contributed by atoms with Crippen molar-refractivity contribution >= 4 is 19.7 Å². The minimum absolute atomic E-state index is 0.241. The highest BCUT2D eigenvalue weighted by molar-refractivity contribution is 8.14. The van der Waals surface area contributed by atoms with E-state index in [1.165, 1.54) is 0 Å². The zero-order valence-electron chi connectivity index (χ0n) is 6.50. The Kier molecular flexibility index (Phi) is 2.20. The van der Waals surface area contributed by atoms with E-state index in [2.05, 4.69) is 0 Å². The molecular formula is C6H11ClO3S. The summed E-state index contributed by atoms with van der Waals surface area (Å²) in [6.45, 7) is 2.32. The van der Waals surface area contributed by atoms with Gasteiger partial charge in [-0.15, -0.1) is 0 Å². The SMILES string of the molecule is COC[C@]1(C)C[C@H]1S(=O)(=O)Cl. The van der Waals surface area contributed by atoms with Gasteiger partial charge in [0, 0.05) is 23.2 Å². The van der Waals surface area contributed by atoms with Gasteiger partial charge < -0.3 is 4.74 Å². The van der Waals surface area contributed by atoms with E-state index in [1.807, 2.05) is 6.92 Å². The van der Waals surface area contributed by atoms with Crippen molar-refractivity contribution in [3.8, 4) is 0 Å². The molecule has 0 spiro atoms. The Morgan fingerprint density at radius 3 is 2.55 bits per heavy atom. The van der Waals surface area contributed by atoms with Crippen molar-refractivity contribution in [2.24, 2.45) is 5.41 Å². The van der Waals surface area contributed by atoms with Crippen molar-refractivity contribution in [3.05, 3.63) is 0 Å². The van der Waals surface area contributed by atoms with Crippen molar-refractivity contribution in [3.63, 3.8) is 0 Å². The summed E-state index contributed by atoms with van der Waals surface area (Å²) in [5, 5.41) is -0.406. The van der Waals surface area contributed by atoms with Crippen LogP contribution in [0.3, 0.4) is 0 Å². The summed E-state index contributed by atoms with van der Waals surface area (Å²) in [6.07, 6.45) is 0.618. The van der Waals surface area contributed by atoms with Crippen LogP contribution in [0.5, 0.6) is 0 Å². The second-order valence-corrected chi connectivity index (χ2v) is 6.07. The maximum atomic E-state index is 10.8. The number of hydrogen-bond donors (Lipinski definition) is 0. The molecule has 1 rings (SSSR count). The molecule has 5 heteroatoms. The molecule has 0 saturated heterocycles. The van der Waals surface area contributed by atoms with Crippen LogP contribution in [-0.4, -0.2) is 27.4 Å². The van der Waals surface area contributed by atoms with Crippen LogP contribution >= 0.6 is 10.7 Å². The van der Waals surface area contributed by atoms with Gasteiger partial charge in [-0.2, -0.15) is 0 Å². The lowest BCUT2D eigenvalue weighted by Crippen LogP contribution is -2.13. The van der Waals surface area contributed by atoms with E-state index in [4.69, 9.17) is 15.4 Å². The maximum Gasteiger partial charge on any atom is 0.236 e. The van der Waals surface area contributed by atoms with Gasteiger partial charge in [-0.3, -0.25) is 0 Å². The Hall–Kier alpha value is 0.200. The molecule has 2 atom stereocenters. The van der Waals surface area contributed by atoms with Gasteiger partial charge in [0.2, 0.25) is 9.05 Å². The number of rotatable bonds is 3. The molecule has 0 radical (unpaired) electrons. The third-order valence-corrected chi connectivity index (χ3v) is 4.14. The fraction of sp³-hybridized carbons (Fsp3) is 1.00. The van der Waals surface area contributed by atoms with Gasteiger partial charge in [-0.25, -0.2) is 8.42 Å². The van der Waals surface area contributed by atoms with E-state index < -0.39 is 14.3 Å². The van der Waals surface area contributed by atoms with Crippen LogP contribution in [0, 0.1) is 5.41 Å². The fourth-order valence-corrected chi connectivity index (χ4v) is 3.45. The highest BCUT2D eigenvalue weighted by Crippen LogP contribution is 2.51. The van der Waals surface area contributed by atoms with Crippen molar-refractivity contribution in [2.45, 2.75) is 18.6 Å². The van der Waals surface area contributed by atoms with E-state index in [0.717, 1.165) is 0 Å². The lowest BCUT2D eigenvalue weighted by molar-refractivity contribution is 0.150. The van der Waals surface area contributed by atoms with Crippen LogP contribution in [0.1, 0.15) is 13.3 Å². The molecular weight excluding hydrogens is 188 g/mol. The van der Waals surface area contributed by atoms with Crippen LogP contribution in [0.4, 0.5) is 0 Å². The molecule has 11 heavy (non-hydrogen) atoms. The van der Waals surface area contributed by atoms with Crippen LogP contribution in [0.2, 0.25) is 0 Å². The van der Waals surface area contributed by atoms with Gasteiger partial charge in [0.1, 0.15) is 0 Å². The van der Waals surface area contributed by atoms with Gasteiger partial charge in [-0.05, 0) is 6.42 Å². The Balaban J connectivity index is 2.60. The number of ether oxygens (including phenoxy) is 1. The van der Waals surface area contributed by atoms with Crippen molar-refractivity contribution in [1.29, 1.82) is 0 Å². The Morgan fingerprint density at radius 2 is 2.27 bits per heavy atom. The van der Waals surface area contributed by atoms with Crippen LogP contribution < -0.4 is 0 Å². The van der Waals surface area contributed by atoms with Gasteiger partial charge in [0.05, 0.1) is 11.9 Å². The molecule has 0 amide bonds. The average Bonchev–Trinajstić information content (AvgIpc) is 2.41. The molecule has 0 bridgehead atoms. The van der Waals surface area contributed by atoms with Crippen LogP contribution in [0.15, 0.2) is 0 Å². The Morgan fingerprint density at radius 1 is 1.73 bits per heavy atom. The first kappa shape index (κ1) is 9.29. The van der Waals surface area contributed by atoms with E-state index >= 15 is 0 Å². The highest BCUT2D eigenvalue weighted by atomic mass is 35.7. The molecule has 0 unspecified atom stereocenters. The largest absolute Gasteiger partial charge is 0.384 e.